The fraction of sp³-hybridized carbons (Fsp3) is 0.200. The molecule has 1 atom stereocenters. The third-order valence-electron chi connectivity index (χ3n) is 3.64. The van der Waals surface area contributed by atoms with Crippen LogP contribution in [0.25, 0.3) is 6.08 Å². The standard InChI is InChI=1S/C20H21ClN2O2/c1-15(22-19(24)12-11-16-7-4-3-5-8-16)20(25)23(2)14-17-9-6-10-18(21)13-17/h3-13,15H,14H2,1-2H3,(H,22,24)/b12-11+. The average molecular weight is 357 g/mol. The zero-order valence-electron chi connectivity index (χ0n) is 14.3. The fourth-order valence-corrected chi connectivity index (χ4v) is 2.59. The normalized spacial score (nSPS) is 12.0. The number of hydrogen-bond acceptors (Lipinski definition) is 2. The van der Waals surface area contributed by atoms with Gasteiger partial charge >= 0.3 is 0 Å². The summed E-state index contributed by atoms with van der Waals surface area (Å²) in [4.78, 5) is 25.9. The van der Waals surface area contributed by atoms with Crippen molar-refractivity contribution in [1.82, 2.24) is 10.2 Å². The van der Waals surface area contributed by atoms with Gasteiger partial charge in [0, 0.05) is 24.7 Å². The number of carbonyl (C=O) groups is 2. The molecule has 1 N–H and O–H groups in total. The molecule has 0 saturated carbocycles. The molecule has 0 spiro atoms. The molecule has 2 rings (SSSR count). The maximum atomic E-state index is 12.4. The second-order valence-corrected chi connectivity index (χ2v) is 6.23. The van der Waals surface area contributed by atoms with Crippen molar-refractivity contribution in [3.8, 4) is 0 Å². The number of benzene rings is 2. The lowest BCUT2D eigenvalue weighted by Gasteiger charge is -2.22. The predicted molar refractivity (Wildman–Crippen MR) is 101 cm³/mol. The minimum Gasteiger partial charge on any atom is -0.341 e. The van der Waals surface area contributed by atoms with Gasteiger partial charge in [-0.1, -0.05) is 54.1 Å². The summed E-state index contributed by atoms with van der Waals surface area (Å²) < 4.78 is 0. The molecule has 2 amide bonds. The van der Waals surface area contributed by atoms with E-state index < -0.39 is 6.04 Å². The van der Waals surface area contributed by atoms with Crippen LogP contribution in [0.5, 0.6) is 0 Å². The summed E-state index contributed by atoms with van der Waals surface area (Å²) in [6, 6.07) is 16.2. The largest absolute Gasteiger partial charge is 0.341 e. The summed E-state index contributed by atoms with van der Waals surface area (Å²) in [5.41, 5.74) is 1.86. The number of nitrogens with zero attached hydrogens (tertiary/aromatic N) is 1. The summed E-state index contributed by atoms with van der Waals surface area (Å²) in [7, 11) is 1.70. The van der Waals surface area contributed by atoms with Gasteiger partial charge < -0.3 is 10.2 Å². The summed E-state index contributed by atoms with van der Waals surface area (Å²) in [6.45, 7) is 2.10. The van der Waals surface area contributed by atoms with E-state index in [1.807, 2.05) is 48.5 Å². The third kappa shape index (κ3) is 6.08. The first kappa shape index (κ1) is 18.7. The van der Waals surface area contributed by atoms with Gasteiger partial charge in [-0.25, -0.2) is 0 Å². The zero-order valence-corrected chi connectivity index (χ0v) is 15.0. The van der Waals surface area contributed by atoms with Gasteiger partial charge in [0.1, 0.15) is 6.04 Å². The van der Waals surface area contributed by atoms with Crippen LogP contribution in [0.1, 0.15) is 18.1 Å². The minimum absolute atomic E-state index is 0.165. The van der Waals surface area contributed by atoms with Gasteiger partial charge in [-0.2, -0.15) is 0 Å². The van der Waals surface area contributed by atoms with Crippen LogP contribution < -0.4 is 5.32 Å². The van der Waals surface area contributed by atoms with Crippen molar-refractivity contribution in [3.63, 3.8) is 0 Å². The molecule has 0 aliphatic rings. The van der Waals surface area contributed by atoms with Crippen molar-refractivity contribution in [2.24, 2.45) is 0 Å². The number of likely N-dealkylation sites (N-methyl/N-ethyl adjacent to an activating group) is 1. The summed E-state index contributed by atoms with van der Waals surface area (Å²) in [6.07, 6.45) is 3.14. The van der Waals surface area contributed by atoms with E-state index in [1.54, 1.807) is 31.0 Å². The molecule has 130 valence electrons. The van der Waals surface area contributed by atoms with Crippen LogP contribution in [0.2, 0.25) is 5.02 Å². The van der Waals surface area contributed by atoms with Gasteiger partial charge in [0.2, 0.25) is 11.8 Å². The highest BCUT2D eigenvalue weighted by Gasteiger charge is 2.18. The highest BCUT2D eigenvalue weighted by Crippen LogP contribution is 2.12. The number of carbonyl (C=O) groups excluding carboxylic acids is 2. The molecule has 0 fully saturated rings. The van der Waals surface area contributed by atoms with E-state index in [4.69, 9.17) is 11.6 Å². The van der Waals surface area contributed by atoms with E-state index in [1.165, 1.54) is 6.08 Å². The minimum atomic E-state index is -0.614. The number of hydrogen-bond donors (Lipinski definition) is 1. The maximum absolute atomic E-state index is 12.4. The zero-order chi connectivity index (χ0) is 18.2. The molecule has 0 aromatic heterocycles. The Hall–Kier alpha value is -2.59. The quantitative estimate of drug-likeness (QED) is 0.805. The highest BCUT2D eigenvalue weighted by atomic mass is 35.5. The van der Waals surface area contributed by atoms with E-state index in [-0.39, 0.29) is 11.8 Å². The van der Waals surface area contributed by atoms with Gasteiger partial charge in [0.15, 0.2) is 0 Å². The average Bonchev–Trinajstić information content (AvgIpc) is 2.60. The number of nitrogens with one attached hydrogen (secondary N) is 1. The molecule has 25 heavy (non-hydrogen) atoms. The molecule has 0 aliphatic heterocycles. The first-order valence-electron chi connectivity index (χ1n) is 7.99. The Morgan fingerprint density at radius 3 is 2.56 bits per heavy atom. The monoisotopic (exact) mass is 356 g/mol. The van der Waals surface area contributed by atoms with E-state index in [2.05, 4.69) is 5.32 Å². The van der Waals surface area contributed by atoms with Crippen LogP contribution in [-0.2, 0) is 16.1 Å². The molecule has 4 nitrogen and oxygen atoms in total. The summed E-state index contributed by atoms with van der Waals surface area (Å²) in [5, 5.41) is 3.32. The molecule has 0 bridgehead atoms. The third-order valence-corrected chi connectivity index (χ3v) is 3.88. The molecule has 0 heterocycles. The van der Waals surface area contributed by atoms with Crippen molar-refractivity contribution >= 4 is 29.5 Å². The van der Waals surface area contributed by atoms with Crippen LogP contribution in [0.4, 0.5) is 0 Å². The Kier molecular flexibility index (Phi) is 6.78. The SMILES string of the molecule is CC(NC(=O)/C=C/c1ccccc1)C(=O)N(C)Cc1cccc(Cl)c1. The predicted octanol–water partition coefficient (Wildman–Crippen LogP) is 3.52. The van der Waals surface area contributed by atoms with Crippen molar-refractivity contribution in [3.05, 3.63) is 76.8 Å². The lowest BCUT2D eigenvalue weighted by atomic mass is 10.2. The second-order valence-electron chi connectivity index (χ2n) is 5.80. The molecular formula is C20H21ClN2O2. The summed E-state index contributed by atoms with van der Waals surface area (Å²) in [5.74, 6) is -0.470. The number of amides is 2. The Labute approximate surface area is 153 Å². The van der Waals surface area contributed by atoms with Crippen molar-refractivity contribution < 1.29 is 9.59 Å². The first-order valence-corrected chi connectivity index (χ1v) is 8.36. The molecule has 0 aliphatic carbocycles. The van der Waals surface area contributed by atoms with E-state index in [0.717, 1.165) is 11.1 Å². The Morgan fingerprint density at radius 2 is 1.88 bits per heavy atom. The molecule has 5 heteroatoms. The van der Waals surface area contributed by atoms with Gasteiger partial charge in [-0.05, 0) is 36.3 Å². The van der Waals surface area contributed by atoms with E-state index >= 15 is 0 Å². The molecule has 1 unspecified atom stereocenters. The van der Waals surface area contributed by atoms with Crippen LogP contribution in [0.3, 0.4) is 0 Å². The van der Waals surface area contributed by atoms with Gasteiger partial charge in [-0.3, -0.25) is 9.59 Å². The smallest absolute Gasteiger partial charge is 0.244 e. The van der Waals surface area contributed by atoms with Crippen LogP contribution in [-0.4, -0.2) is 29.8 Å². The Morgan fingerprint density at radius 1 is 1.16 bits per heavy atom. The summed E-state index contributed by atoms with van der Waals surface area (Å²) >= 11 is 5.96. The Balaban J connectivity index is 1.88. The highest BCUT2D eigenvalue weighted by molar-refractivity contribution is 6.30. The molecule has 0 saturated heterocycles. The topological polar surface area (TPSA) is 49.4 Å². The lowest BCUT2D eigenvalue weighted by molar-refractivity contribution is -0.134. The van der Waals surface area contributed by atoms with Crippen LogP contribution in [0, 0.1) is 0 Å². The first-order chi connectivity index (χ1) is 12.0. The van der Waals surface area contributed by atoms with Gasteiger partial charge in [-0.15, -0.1) is 0 Å². The second kappa shape index (κ2) is 9.04. The molecule has 0 radical (unpaired) electrons. The van der Waals surface area contributed by atoms with Crippen molar-refractivity contribution in [2.45, 2.75) is 19.5 Å². The lowest BCUT2D eigenvalue weighted by Crippen LogP contribution is -2.44. The molecule has 2 aromatic carbocycles. The van der Waals surface area contributed by atoms with Crippen LogP contribution in [0.15, 0.2) is 60.7 Å². The number of rotatable bonds is 6. The maximum Gasteiger partial charge on any atom is 0.244 e. The van der Waals surface area contributed by atoms with Crippen molar-refractivity contribution in [2.75, 3.05) is 7.05 Å². The molecule has 2 aromatic rings. The van der Waals surface area contributed by atoms with Crippen molar-refractivity contribution in [1.29, 1.82) is 0 Å². The Bertz CT molecular complexity index is 759. The van der Waals surface area contributed by atoms with Gasteiger partial charge in [0.05, 0.1) is 0 Å². The van der Waals surface area contributed by atoms with E-state index in [9.17, 15) is 9.59 Å². The van der Waals surface area contributed by atoms with Gasteiger partial charge in [0.25, 0.3) is 0 Å². The fourth-order valence-electron chi connectivity index (χ4n) is 2.38. The molecular weight excluding hydrogens is 336 g/mol. The van der Waals surface area contributed by atoms with E-state index in [0.29, 0.717) is 11.6 Å². The van der Waals surface area contributed by atoms with Crippen LogP contribution >= 0.6 is 11.6 Å². The number of halogens is 1.